The van der Waals surface area contributed by atoms with Crippen molar-refractivity contribution in [3.05, 3.63) is 62.3 Å². The Morgan fingerprint density at radius 1 is 1.21 bits per heavy atom. The van der Waals surface area contributed by atoms with Gasteiger partial charge in [-0.25, -0.2) is 4.39 Å². The van der Waals surface area contributed by atoms with Crippen molar-refractivity contribution >= 4 is 23.2 Å². The number of H-pyrrole nitrogens is 1. The molecule has 28 heavy (non-hydrogen) atoms. The summed E-state index contributed by atoms with van der Waals surface area (Å²) in [7, 11) is 0. The highest BCUT2D eigenvalue weighted by Crippen LogP contribution is 2.50. The smallest absolute Gasteiger partial charge is 0.329 e. The monoisotopic (exact) mass is 414 g/mol. The molecule has 4 rings (SSSR count). The molecule has 2 bridgehead atoms. The molecule has 148 valence electrons. The van der Waals surface area contributed by atoms with Crippen molar-refractivity contribution < 1.29 is 22.4 Å². The van der Waals surface area contributed by atoms with Gasteiger partial charge in [0.2, 0.25) is 11.5 Å². The lowest BCUT2D eigenvalue weighted by Gasteiger charge is -2.31. The van der Waals surface area contributed by atoms with Gasteiger partial charge in [-0.05, 0) is 54.4 Å². The minimum Gasteiger partial charge on any atom is -0.329 e. The zero-order valence-corrected chi connectivity index (χ0v) is 15.1. The summed E-state index contributed by atoms with van der Waals surface area (Å²) in [6.07, 6.45) is -1.17. The van der Waals surface area contributed by atoms with Crippen molar-refractivity contribution in [3.8, 4) is 0 Å². The standard InChI is InChI=1S/C19H15ClF4N2O2/c20-13-6-14(21)15(5-12(13)19(22,23)24)26-18(28)17-8-1-2-10(17)11-7-25-16(27)4-9(11)3-8/h4-8,10,17H,1-3H2,(H,25,27)(H,26,28)/t8-,10-,17?/m0/s1. The SMILES string of the molecule is O=C(Nc1cc(C(F)(F)F)c(Cl)cc1F)C1[C@H]2CC[C@H]1c1c[nH]c(=O)cc1C2. The fraction of sp³-hybridized carbons (Fsp3) is 0.368. The first-order valence-electron chi connectivity index (χ1n) is 8.73. The highest BCUT2D eigenvalue weighted by molar-refractivity contribution is 6.31. The van der Waals surface area contributed by atoms with Crippen LogP contribution in [0.3, 0.4) is 0 Å². The van der Waals surface area contributed by atoms with Crippen LogP contribution in [0.15, 0.2) is 29.2 Å². The number of hydrogen-bond donors (Lipinski definition) is 2. The first kappa shape index (κ1) is 19.0. The highest BCUT2D eigenvalue weighted by Gasteiger charge is 2.46. The summed E-state index contributed by atoms with van der Waals surface area (Å²) in [5.74, 6) is -2.26. The minimum absolute atomic E-state index is 0.0447. The predicted octanol–water partition coefficient (Wildman–Crippen LogP) is 4.49. The number of alkyl halides is 3. The number of benzene rings is 1. The maximum Gasteiger partial charge on any atom is 0.417 e. The number of rotatable bonds is 2. The van der Waals surface area contributed by atoms with Crippen molar-refractivity contribution in [1.29, 1.82) is 0 Å². The second-order valence-corrected chi connectivity index (χ2v) is 7.66. The van der Waals surface area contributed by atoms with Crippen molar-refractivity contribution in [2.75, 3.05) is 5.32 Å². The number of amides is 1. The minimum atomic E-state index is -4.76. The molecule has 2 aromatic rings. The van der Waals surface area contributed by atoms with Gasteiger partial charge in [0.1, 0.15) is 5.82 Å². The number of fused-ring (bicyclic) bond motifs is 4. The third-order valence-electron chi connectivity index (χ3n) is 5.64. The first-order chi connectivity index (χ1) is 13.1. The van der Waals surface area contributed by atoms with Gasteiger partial charge in [0.15, 0.2) is 0 Å². The Kier molecular flexibility index (Phi) is 4.49. The number of carbonyl (C=O) groups excluding carboxylic acids is 1. The van der Waals surface area contributed by atoms with Crippen molar-refractivity contribution in [1.82, 2.24) is 4.98 Å². The molecule has 2 N–H and O–H groups in total. The summed E-state index contributed by atoms with van der Waals surface area (Å²) < 4.78 is 53.2. The lowest BCUT2D eigenvalue weighted by molar-refractivity contribution is -0.137. The summed E-state index contributed by atoms with van der Waals surface area (Å²) in [6, 6.07) is 2.59. The zero-order chi connectivity index (χ0) is 20.2. The van der Waals surface area contributed by atoms with E-state index in [9.17, 15) is 27.2 Å². The summed E-state index contributed by atoms with van der Waals surface area (Å²) >= 11 is 5.49. The molecule has 1 fully saturated rings. The van der Waals surface area contributed by atoms with E-state index in [-0.39, 0.29) is 17.4 Å². The van der Waals surface area contributed by atoms with Crippen LogP contribution in [-0.4, -0.2) is 10.9 Å². The molecule has 1 saturated carbocycles. The Balaban J connectivity index is 1.63. The number of hydrogen-bond acceptors (Lipinski definition) is 2. The van der Waals surface area contributed by atoms with E-state index in [0.29, 0.717) is 18.6 Å². The van der Waals surface area contributed by atoms with Gasteiger partial charge in [-0.1, -0.05) is 11.6 Å². The number of pyridine rings is 1. The van der Waals surface area contributed by atoms with E-state index < -0.39 is 40.1 Å². The largest absolute Gasteiger partial charge is 0.417 e. The van der Waals surface area contributed by atoms with Crippen LogP contribution in [-0.2, 0) is 17.4 Å². The van der Waals surface area contributed by atoms with Gasteiger partial charge in [0.25, 0.3) is 0 Å². The first-order valence-corrected chi connectivity index (χ1v) is 9.11. The molecular formula is C19H15ClF4N2O2. The van der Waals surface area contributed by atoms with Crippen LogP contribution in [0.2, 0.25) is 5.02 Å². The highest BCUT2D eigenvalue weighted by atomic mass is 35.5. The third kappa shape index (κ3) is 3.19. The summed E-state index contributed by atoms with van der Waals surface area (Å²) in [6.45, 7) is 0. The Morgan fingerprint density at radius 2 is 1.96 bits per heavy atom. The second kappa shape index (κ2) is 6.62. The van der Waals surface area contributed by atoms with Crippen LogP contribution >= 0.6 is 11.6 Å². The maximum absolute atomic E-state index is 14.1. The molecule has 9 heteroatoms. The van der Waals surface area contributed by atoms with E-state index in [1.54, 1.807) is 6.20 Å². The molecule has 4 nitrogen and oxygen atoms in total. The molecule has 0 spiro atoms. The van der Waals surface area contributed by atoms with Gasteiger partial charge < -0.3 is 10.3 Å². The second-order valence-electron chi connectivity index (χ2n) is 7.25. The van der Waals surface area contributed by atoms with Gasteiger partial charge in [-0.15, -0.1) is 0 Å². The van der Waals surface area contributed by atoms with Crippen LogP contribution in [0, 0.1) is 17.7 Å². The Hall–Kier alpha value is -2.35. The normalized spacial score (nSPS) is 23.4. The topological polar surface area (TPSA) is 62.0 Å². The van der Waals surface area contributed by atoms with Gasteiger partial charge >= 0.3 is 6.18 Å². The molecule has 1 aromatic carbocycles. The lowest BCUT2D eigenvalue weighted by Crippen LogP contribution is -2.34. The van der Waals surface area contributed by atoms with Crippen LogP contribution < -0.4 is 10.9 Å². The van der Waals surface area contributed by atoms with Crippen LogP contribution in [0.4, 0.5) is 23.2 Å². The number of nitrogens with one attached hydrogen (secondary N) is 2. The predicted molar refractivity (Wildman–Crippen MR) is 94.8 cm³/mol. The Morgan fingerprint density at radius 3 is 2.68 bits per heavy atom. The Bertz CT molecular complexity index is 1020. The molecular weight excluding hydrogens is 400 g/mol. The van der Waals surface area contributed by atoms with Gasteiger partial charge in [0.05, 0.1) is 16.3 Å². The molecule has 3 atom stereocenters. The molecule has 0 radical (unpaired) electrons. The van der Waals surface area contributed by atoms with Crippen molar-refractivity contribution in [2.24, 2.45) is 11.8 Å². The van der Waals surface area contributed by atoms with Crippen LogP contribution in [0.25, 0.3) is 0 Å². The van der Waals surface area contributed by atoms with E-state index >= 15 is 0 Å². The summed E-state index contributed by atoms with van der Waals surface area (Å²) in [4.78, 5) is 27.0. The van der Waals surface area contributed by atoms with Gasteiger partial charge in [-0.2, -0.15) is 13.2 Å². The van der Waals surface area contributed by atoms with E-state index in [2.05, 4.69) is 10.3 Å². The summed E-state index contributed by atoms with van der Waals surface area (Å²) in [5, 5.41) is 1.55. The number of carbonyl (C=O) groups is 1. The summed E-state index contributed by atoms with van der Waals surface area (Å²) in [5.41, 5.74) is -0.226. The number of halogens is 5. The molecule has 0 saturated heterocycles. The average molecular weight is 415 g/mol. The number of aromatic amines is 1. The lowest BCUT2D eigenvalue weighted by atomic mass is 9.75. The number of anilines is 1. The zero-order valence-electron chi connectivity index (χ0n) is 14.4. The van der Waals surface area contributed by atoms with Crippen molar-refractivity contribution in [3.63, 3.8) is 0 Å². The van der Waals surface area contributed by atoms with E-state index in [4.69, 9.17) is 11.6 Å². The van der Waals surface area contributed by atoms with E-state index in [1.807, 2.05) is 0 Å². The molecule has 1 heterocycles. The van der Waals surface area contributed by atoms with E-state index in [0.717, 1.165) is 24.0 Å². The molecule has 2 aliphatic carbocycles. The third-order valence-corrected chi connectivity index (χ3v) is 5.95. The molecule has 1 amide bonds. The molecule has 1 unspecified atom stereocenters. The van der Waals surface area contributed by atoms with E-state index in [1.165, 1.54) is 6.07 Å². The number of aromatic nitrogens is 1. The van der Waals surface area contributed by atoms with Gasteiger partial charge in [-0.3, -0.25) is 9.59 Å². The molecule has 2 aliphatic rings. The average Bonchev–Trinajstić information content (AvgIpc) is 2.91. The molecule has 0 aliphatic heterocycles. The van der Waals surface area contributed by atoms with Crippen LogP contribution in [0.5, 0.6) is 0 Å². The fourth-order valence-corrected chi connectivity index (χ4v) is 4.72. The van der Waals surface area contributed by atoms with Crippen molar-refractivity contribution in [2.45, 2.75) is 31.4 Å². The quantitative estimate of drug-likeness (QED) is 0.711. The Labute approximate surface area is 161 Å². The van der Waals surface area contributed by atoms with Gasteiger partial charge in [0, 0.05) is 18.2 Å². The van der Waals surface area contributed by atoms with Crippen LogP contribution in [0.1, 0.15) is 35.4 Å². The maximum atomic E-state index is 14.1. The molecule has 1 aromatic heterocycles. The fourth-order valence-electron chi connectivity index (χ4n) is 4.46.